The van der Waals surface area contributed by atoms with E-state index in [4.69, 9.17) is 5.11 Å². The van der Waals surface area contributed by atoms with Crippen LogP contribution in [-0.2, 0) is 6.54 Å². The summed E-state index contributed by atoms with van der Waals surface area (Å²) >= 11 is 1.78. The van der Waals surface area contributed by atoms with Gasteiger partial charge in [-0.3, -0.25) is 0 Å². The van der Waals surface area contributed by atoms with Crippen LogP contribution in [0.1, 0.15) is 18.7 Å². The third-order valence-corrected chi connectivity index (χ3v) is 4.44. The van der Waals surface area contributed by atoms with Crippen LogP contribution in [0.25, 0.3) is 11.1 Å². The number of aliphatic hydroxyl groups is 1. The first-order chi connectivity index (χ1) is 9.20. The first-order valence-corrected chi connectivity index (χ1v) is 7.55. The lowest BCUT2D eigenvalue weighted by molar-refractivity contribution is 0.207. The van der Waals surface area contributed by atoms with Gasteiger partial charge in [0, 0.05) is 24.1 Å². The van der Waals surface area contributed by atoms with Crippen molar-refractivity contribution in [2.24, 2.45) is 5.92 Å². The van der Waals surface area contributed by atoms with Gasteiger partial charge in [0.2, 0.25) is 0 Å². The van der Waals surface area contributed by atoms with Gasteiger partial charge in [0.15, 0.2) is 0 Å². The highest BCUT2D eigenvalue weighted by molar-refractivity contribution is 7.10. The van der Waals surface area contributed by atoms with Crippen LogP contribution < -0.4 is 5.32 Å². The predicted molar refractivity (Wildman–Crippen MR) is 82.3 cm³/mol. The van der Waals surface area contributed by atoms with Crippen molar-refractivity contribution in [3.63, 3.8) is 0 Å². The van der Waals surface area contributed by atoms with E-state index in [-0.39, 0.29) is 12.5 Å². The van der Waals surface area contributed by atoms with Gasteiger partial charge in [-0.05, 0) is 35.4 Å². The molecule has 3 heteroatoms. The molecular weight excluding hydrogens is 254 g/mol. The SMILES string of the molecule is CC(CO)C(C)NCc1cc(-c2ccccc2)cs1. The normalized spacial score (nSPS) is 14.3. The third kappa shape index (κ3) is 3.90. The Hall–Kier alpha value is -1.16. The van der Waals surface area contributed by atoms with Crippen molar-refractivity contribution in [3.8, 4) is 11.1 Å². The Bertz CT molecular complexity index is 494. The zero-order chi connectivity index (χ0) is 13.7. The highest BCUT2D eigenvalue weighted by Crippen LogP contribution is 2.25. The van der Waals surface area contributed by atoms with Crippen LogP contribution in [-0.4, -0.2) is 17.8 Å². The molecule has 102 valence electrons. The number of rotatable bonds is 6. The monoisotopic (exact) mass is 275 g/mol. The van der Waals surface area contributed by atoms with E-state index in [1.165, 1.54) is 16.0 Å². The maximum Gasteiger partial charge on any atom is 0.0471 e. The first kappa shape index (κ1) is 14.3. The van der Waals surface area contributed by atoms with Crippen LogP contribution in [0.3, 0.4) is 0 Å². The summed E-state index contributed by atoms with van der Waals surface area (Å²) in [7, 11) is 0. The maximum atomic E-state index is 9.12. The fourth-order valence-corrected chi connectivity index (χ4v) is 2.72. The zero-order valence-corrected chi connectivity index (χ0v) is 12.3. The van der Waals surface area contributed by atoms with Gasteiger partial charge >= 0.3 is 0 Å². The van der Waals surface area contributed by atoms with Crippen molar-refractivity contribution in [3.05, 3.63) is 46.7 Å². The fraction of sp³-hybridized carbons (Fsp3) is 0.375. The summed E-state index contributed by atoms with van der Waals surface area (Å²) in [5, 5.41) is 14.8. The molecular formula is C16H21NOS. The molecule has 0 fully saturated rings. The smallest absolute Gasteiger partial charge is 0.0471 e. The van der Waals surface area contributed by atoms with Gasteiger partial charge < -0.3 is 10.4 Å². The summed E-state index contributed by atoms with van der Waals surface area (Å²) in [6, 6.07) is 13.0. The highest BCUT2D eigenvalue weighted by Gasteiger charge is 2.10. The Morgan fingerprint density at radius 2 is 1.89 bits per heavy atom. The molecule has 1 heterocycles. The van der Waals surface area contributed by atoms with Crippen molar-refractivity contribution in [2.45, 2.75) is 26.4 Å². The van der Waals surface area contributed by atoms with E-state index in [2.05, 4.69) is 54.9 Å². The Kier molecular flexibility index (Phi) is 5.14. The van der Waals surface area contributed by atoms with Crippen molar-refractivity contribution in [1.82, 2.24) is 5.32 Å². The topological polar surface area (TPSA) is 32.3 Å². The minimum atomic E-state index is 0.230. The number of thiophene rings is 1. The average molecular weight is 275 g/mol. The van der Waals surface area contributed by atoms with Crippen molar-refractivity contribution >= 4 is 11.3 Å². The summed E-state index contributed by atoms with van der Waals surface area (Å²) in [5.41, 5.74) is 2.55. The summed E-state index contributed by atoms with van der Waals surface area (Å²) < 4.78 is 0. The largest absolute Gasteiger partial charge is 0.396 e. The molecule has 2 aromatic rings. The summed E-state index contributed by atoms with van der Waals surface area (Å²) in [6.07, 6.45) is 0. The molecule has 2 atom stereocenters. The molecule has 0 amide bonds. The lowest BCUT2D eigenvalue weighted by Gasteiger charge is -2.18. The van der Waals surface area contributed by atoms with Gasteiger partial charge in [-0.1, -0.05) is 37.3 Å². The summed E-state index contributed by atoms with van der Waals surface area (Å²) in [4.78, 5) is 1.33. The molecule has 0 aliphatic rings. The van der Waals surface area contributed by atoms with Gasteiger partial charge in [0.1, 0.15) is 0 Å². The van der Waals surface area contributed by atoms with Crippen LogP contribution in [0.2, 0.25) is 0 Å². The molecule has 0 saturated heterocycles. The number of benzene rings is 1. The second-order valence-corrected chi connectivity index (χ2v) is 5.99. The van der Waals surface area contributed by atoms with E-state index < -0.39 is 0 Å². The molecule has 2 N–H and O–H groups in total. The Morgan fingerprint density at radius 3 is 2.58 bits per heavy atom. The predicted octanol–water partition coefficient (Wildman–Crippen LogP) is 3.52. The number of hydrogen-bond acceptors (Lipinski definition) is 3. The zero-order valence-electron chi connectivity index (χ0n) is 11.5. The van der Waals surface area contributed by atoms with Crippen molar-refractivity contribution in [2.75, 3.05) is 6.61 Å². The number of aliphatic hydroxyl groups excluding tert-OH is 1. The number of nitrogens with one attached hydrogen (secondary N) is 1. The minimum Gasteiger partial charge on any atom is -0.396 e. The molecule has 0 saturated carbocycles. The Labute approximate surface area is 119 Å². The van der Waals surface area contributed by atoms with Crippen LogP contribution in [0.5, 0.6) is 0 Å². The molecule has 1 aromatic carbocycles. The second kappa shape index (κ2) is 6.85. The molecule has 0 spiro atoms. The second-order valence-electron chi connectivity index (χ2n) is 5.00. The van der Waals surface area contributed by atoms with E-state index in [1.54, 1.807) is 11.3 Å². The standard InChI is InChI=1S/C16H21NOS/c1-12(10-18)13(2)17-9-16-8-15(11-19-16)14-6-4-3-5-7-14/h3-8,11-13,17-18H,9-10H2,1-2H3. The molecule has 2 nitrogen and oxygen atoms in total. The quantitative estimate of drug-likeness (QED) is 0.845. The molecule has 0 aliphatic carbocycles. The Balaban J connectivity index is 1.95. The molecule has 19 heavy (non-hydrogen) atoms. The fourth-order valence-electron chi connectivity index (χ4n) is 1.88. The Morgan fingerprint density at radius 1 is 1.16 bits per heavy atom. The van der Waals surface area contributed by atoms with Gasteiger partial charge in [-0.2, -0.15) is 0 Å². The lowest BCUT2D eigenvalue weighted by atomic mass is 10.1. The van der Waals surface area contributed by atoms with E-state index in [0.717, 1.165) is 6.54 Å². The molecule has 0 radical (unpaired) electrons. The molecule has 0 aliphatic heterocycles. The van der Waals surface area contributed by atoms with Crippen LogP contribution in [0.15, 0.2) is 41.8 Å². The average Bonchev–Trinajstić information content (AvgIpc) is 2.93. The van der Waals surface area contributed by atoms with Crippen molar-refractivity contribution in [1.29, 1.82) is 0 Å². The number of hydrogen-bond donors (Lipinski definition) is 2. The van der Waals surface area contributed by atoms with Crippen LogP contribution in [0, 0.1) is 5.92 Å². The van der Waals surface area contributed by atoms with E-state index >= 15 is 0 Å². The van der Waals surface area contributed by atoms with Crippen LogP contribution >= 0.6 is 11.3 Å². The maximum absolute atomic E-state index is 9.12. The van der Waals surface area contributed by atoms with E-state index in [0.29, 0.717) is 6.04 Å². The molecule has 2 rings (SSSR count). The van der Waals surface area contributed by atoms with Gasteiger partial charge in [-0.25, -0.2) is 0 Å². The van der Waals surface area contributed by atoms with Crippen LogP contribution in [0.4, 0.5) is 0 Å². The summed E-state index contributed by atoms with van der Waals surface area (Å²) in [5.74, 6) is 0.286. The molecule has 0 bridgehead atoms. The molecule has 1 aromatic heterocycles. The molecule has 2 unspecified atom stereocenters. The minimum absolute atomic E-state index is 0.230. The van der Waals surface area contributed by atoms with Gasteiger partial charge in [-0.15, -0.1) is 11.3 Å². The van der Waals surface area contributed by atoms with Crippen molar-refractivity contribution < 1.29 is 5.11 Å². The van der Waals surface area contributed by atoms with Gasteiger partial charge in [0.25, 0.3) is 0 Å². The summed E-state index contributed by atoms with van der Waals surface area (Å²) in [6.45, 7) is 5.27. The highest BCUT2D eigenvalue weighted by atomic mass is 32.1. The lowest BCUT2D eigenvalue weighted by Crippen LogP contribution is -2.33. The van der Waals surface area contributed by atoms with Gasteiger partial charge in [0.05, 0.1) is 0 Å². The third-order valence-electron chi connectivity index (χ3n) is 3.50. The first-order valence-electron chi connectivity index (χ1n) is 6.67. The van der Waals surface area contributed by atoms with E-state index in [9.17, 15) is 0 Å². The van der Waals surface area contributed by atoms with E-state index in [1.807, 2.05) is 6.07 Å².